The molecule has 8 aromatic rings. The Hall–Kier alpha value is -7.34. The van der Waals surface area contributed by atoms with Crippen molar-refractivity contribution < 1.29 is 29.2 Å². The topological polar surface area (TPSA) is 139 Å². The zero-order valence-corrected chi connectivity index (χ0v) is 51.2. The Bertz CT molecular complexity index is 3320. The molecule has 0 radical (unpaired) electrons. The summed E-state index contributed by atoms with van der Waals surface area (Å²) in [5, 5.41) is 47.0. The summed E-state index contributed by atoms with van der Waals surface area (Å²) in [4.78, 5) is 0. The fraction of sp³-hybridized carbons (Fsp3) is 0.457. The summed E-state index contributed by atoms with van der Waals surface area (Å²) < 4.78 is 31.9. The van der Waals surface area contributed by atoms with Crippen LogP contribution in [0.5, 0.6) is 34.5 Å². The number of phenolic OH excluding ortho intramolecular Hbond substituents is 2. The molecule has 4 aliphatic heterocycles. The van der Waals surface area contributed by atoms with Gasteiger partial charge in [0.15, 0.2) is 11.5 Å². The number of unbranched alkanes of at least 4 members (excludes halogenated alkanes) is 2. The Kier molecular flexibility index (Phi) is 16.1. The molecular weight excluding hydrogens is 1020 g/mol. The highest BCUT2D eigenvalue weighted by Crippen LogP contribution is 2.46. The Morgan fingerprint density at radius 1 is 0.463 bits per heavy atom. The smallest absolute Gasteiger partial charge is 0.167 e. The first kappa shape index (κ1) is 57.9. The fourth-order valence-corrected chi connectivity index (χ4v) is 11.4. The van der Waals surface area contributed by atoms with Crippen LogP contribution in [-0.4, -0.2) is 53.4 Å². The van der Waals surface area contributed by atoms with E-state index < -0.39 is 0 Å². The predicted octanol–water partition coefficient (Wildman–Crippen LogP) is 15.2. The van der Waals surface area contributed by atoms with Crippen LogP contribution in [0.4, 0.5) is 0 Å². The van der Waals surface area contributed by atoms with Gasteiger partial charge >= 0.3 is 0 Å². The van der Waals surface area contributed by atoms with E-state index in [1.54, 1.807) is 0 Å². The van der Waals surface area contributed by atoms with Gasteiger partial charge < -0.3 is 29.2 Å². The van der Waals surface area contributed by atoms with Crippen molar-refractivity contribution in [3.63, 3.8) is 0 Å². The second kappa shape index (κ2) is 22.8. The highest BCUT2D eigenvalue weighted by atomic mass is 16.5. The molecule has 12 nitrogen and oxygen atoms in total. The van der Waals surface area contributed by atoms with Crippen LogP contribution in [0.3, 0.4) is 0 Å². The van der Waals surface area contributed by atoms with Gasteiger partial charge in [-0.2, -0.15) is 0 Å². The molecule has 1 aliphatic carbocycles. The lowest BCUT2D eigenvalue weighted by Gasteiger charge is -2.28. The monoisotopic (exact) mass is 1110 g/mol. The molecule has 0 saturated heterocycles. The molecule has 5 aliphatic rings. The number of nitrogens with zero attached hydrogens (tertiary/aromatic N) is 6. The van der Waals surface area contributed by atoms with Gasteiger partial charge in [0.05, 0.1) is 38.7 Å². The van der Waals surface area contributed by atoms with Crippen LogP contribution in [-0.2, 0) is 73.6 Å². The first-order valence-corrected chi connectivity index (χ1v) is 29.7. The van der Waals surface area contributed by atoms with Crippen LogP contribution in [0.2, 0.25) is 0 Å². The number of phenols is 2. The highest BCUT2D eigenvalue weighted by Gasteiger charge is 2.30. The average Bonchev–Trinajstić information content (AvgIpc) is 2.67. The quantitative estimate of drug-likeness (QED) is 0.141. The van der Waals surface area contributed by atoms with Crippen LogP contribution >= 0.6 is 0 Å². The lowest BCUT2D eigenvalue weighted by molar-refractivity contribution is 0.257. The summed E-state index contributed by atoms with van der Waals surface area (Å²) in [5.74, 6) is 3.26. The number of aromatic nitrogens is 6. The summed E-state index contributed by atoms with van der Waals surface area (Å²) in [6, 6.07) is 26.1. The van der Waals surface area contributed by atoms with Crippen molar-refractivity contribution >= 4 is 10.8 Å². The van der Waals surface area contributed by atoms with Crippen LogP contribution < -0.4 is 18.9 Å². The van der Waals surface area contributed by atoms with Gasteiger partial charge in [-0.15, -0.1) is 10.2 Å². The Morgan fingerprint density at radius 3 is 1.06 bits per heavy atom. The van der Waals surface area contributed by atoms with E-state index in [2.05, 4.69) is 170 Å². The van der Waals surface area contributed by atoms with Crippen LogP contribution in [0.25, 0.3) is 10.8 Å². The van der Waals surface area contributed by atoms with Crippen LogP contribution in [0.1, 0.15) is 212 Å². The maximum Gasteiger partial charge on any atom is 0.167 e. The lowest BCUT2D eigenvalue weighted by Crippen LogP contribution is -2.16. The average molecular weight is 1110 g/mol. The molecule has 6 aromatic carbocycles. The zero-order chi connectivity index (χ0) is 58.5. The maximum atomic E-state index is 12.9. The molecule has 0 saturated carbocycles. The largest absolute Gasteiger partial charge is 0.507 e. The molecule has 13 rings (SSSR count). The van der Waals surface area contributed by atoms with Crippen molar-refractivity contribution in [1.29, 1.82) is 0 Å². The number of rotatable bonds is 8. The molecular formula is C70H86N6O6. The third-order valence-corrected chi connectivity index (χ3v) is 16.4. The van der Waals surface area contributed by atoms with Crippen molar-refractivity contribution in [2.24, 2.45) is 0 Å². The SMILES string of the molecule is CCCCOc1c(OCCCC)c2c3ccccc3c1Cn1cc(nn1)COc1c3cc(C(C)(C)C)cc1Cc1cc(C(C)(C)C)cc(c1O)Cc1cc(C(C)(C)C)cc(c1OCc1cn(nn1)C2)Cc1cc(C(C)(C)C)cc(c1O)C3. The molecule has 0 atom stereocenters. The minimum Gasteiger partial charge on any atom is -0.507 e. The van der Waals surface area contributed by atoms with Gasteiger partial charge in [-0.05, 0) is 112 Å². The van der Waals surface area contributed by atoms with Crippen molar-refractivity contribution in [1.82, 2.24) is 30.0 Å². The van der Waals surface area contributed by atoms with E-state index in [-0.39, 0.29) is 46.4 Å². The number of hydrogen-bond acceptors (Lipinski definition) is 10. The molecule has 0 fully saturated rings. The number of aromatic hydroxyl groups is 2. The second-order valence-corrected chi connectivity index (χ2v) is 27.2. The molecule has 82 heavy (non-hydrogen) atoms. The molecule has 6 heterocycles. The van der Waals surface area contributed by atoms with Gasteiger partial charge in [0, 0.05) is 36.8 Å². The van der Waals surface area contributed by atoms with Gasteiger partial charge in [-0.25, -0.2) is 9.36 Å². The highest BCUT2D eigenvalue weighted by molar-refractivity contribution is 5.93. The van der Waals surface area contributed by atoms with E-state index in [1.165, 1.54) is 0 Å². The fourth-order valence-electron chi connectivity index (χ4n) is 11.4. The van der Waals surface area contributed by atoms with Crippen molar-refractivity contribution in [3.05, 3.63) is 174 Å². The van der Waals surface area contributed by atoms with E-state index in [0.717, 1.165) is 114 Å². The summed E-state index contributed by atoms with van der Waals surface area (Å²) in [7, 11) is 0. The van der Waals surface area contributed by atoms with Crippen molar-refractivity contribution in [3.8, 4) is 34.5 Å². The Balaban J connectivity index is 1.27. The van der Waals surface area contributed by atoms with Gasteiger partial charge in [0.25, 0.3) is 0 Å². The van der Waals surface area contributed by atoms with Gasteiger partial charge in [0.1, 0.15) is 47.6 Å². The molecule has 0 amide bonds. The van der Waals surface area contributed by atoms with E-state index in [0.29, 0.717) is 86.4 Å². The van der Waals surface area contributed by atoms with Gasteiger partial charge in [0.2, 0.25) is 0 Å². The lowest BCUT2D eigenvalue weighted by atomic mass is 9.79. The molecule has 2 N–H and O–H groups in total. The summed E-state index contributed by atoms with van der Waals surface area (Å²) in [6.07, 6.45) is 9.12. The first-order chi connectivity index (χ1) is 38.9. The number of benzene rings is 6. The van der Waals surface area contributed by atoms with E-state index in [4.69, 9.17) is 39.6 Å². The minimum absolute atomic E-state index is 0.117. The Labute approximate surface area is 486 Å². The summed E-state index contributed by atoms with van der Waals surface area (Å²) in [6.45, 7) is 33.1. The molecule has 432 valence electrons. The van der Waals surface area contributed by atoms with Crippen molar-refractivity contribution in [2.45, 2.75) is 196 Å². The molecule has 0 spiro atoms. The third-order valence-electron chi connectivity index (χ3n) is 16.4. The van der Waals surface area contributed by atoms with E-state index >= 15 is 0 Å². The maximum absolute atomic E-state index is 12.9. The normalized spacial score (nSPS) is 14.2. The zero-order valence-electron chi connectivity index (χ0n) is 51.2. The molecule has 0 unspecified atom stereocenters. The van der Waals surface area contributed by atoms with Gasteiger partial charge in [-0.1, -0.05) is 193 Å². The van der Waals surface area contributed by atoms with Crippen LogP contribution in [0.15, 0.2) is 85.2 Å². The number of hydrogen-bond donors (Lipinski definition) is 2. The summed E-state index contributed by atoms with van der Waals surface area (Å²) in [5.41, 5.74) is 13.5. The van der Waals surface area contributed by atoms with Gasteiger partial charge in [-0.3, -0.25) is 0 Å². The predicted molar refractivity (Wildman–Crippen MR) is 327 cm³/mol. The third kappa shape index (κ3) is 12.4. The Morgan fingerprint density at radius 2 is 0.768 bits per heavy atom. The van der Waals surface area contributed by atoms with Crippen molar-refractivity contribution in [2.75, 3.05) is 13.2 Å². The second-order valence-electron chi connectivity index (χ2n) is 27.2. The first-order valence-electron chi connectivity index (χ1n) is 29.7. The summed E-state index contributed by atoms with van der Waals surface area (Å²) >= 11 is 0. The molecule has 2 aromatic heterocycles. The standard InChI is InChI=1S/C70H86N6O6/c1-15-17-23-79-65-59-39-75-37-55(71-73-75)41-81-63-47-25-43-29-51(67(3,4)5)31-45(61(43)77)27-49-35-54(70(12,13)14)36-50(28-46-32-52(68(6,7)8)30-44(62(46)78)26-48(63)34-53(33-47)69(9,10)11)64(49)82-42-56-38-76(74-72-56)40-60(66(65)80-24-18-16-2)58-22-20-19-21-57(58)59/h19-22,29-38,77-78H,15-18,23-28,39-42H2,1-14H3. The van der Waals surface area contributed by atoms with E-state index in [9.17, 15) is 10.2 Å². The molecule has 16 bridgehead atoms. The number of ether oxygens (including phenoxy) is 4. The van der Waals surface area contributed by atoms with Crippen LogP contribution in [0, 0.1) is 0 Å². The minimum atomic E-state index is -0.257. The molecule has 12 heteroatoms. The van der Waals surface area contributed by atoms with E-state index in [1.807, 2.05) is 21.8 Å².